The number of carbonyl (C=O) groups is 1. The first kappa shape index (κ1) is 16.7. The number of hydrogen-bond donors (Lipinski definition) is 1. The molecule has 128 valence electrons. The maximum Gasteiger partial charge on any atom is 0.291 e. The largest absolute Gasteiger partial charge is 0.454 e. The molecule has 0 aliphatic rings. The van der Waals surface area contributed by atoms with Crippen LogP contribution in [0.25, 0.3) is 0 Å². The third kappa shape index (κ3) is 3.86. The number of nitrogens with zero attached hydrogens (tertiary/aromatic N) is 3. The van der Waals surface area contributed by atoms with E-state index in [4.69, 9.17) is 16.0 Å². The molecule has 0 bridgehead atoms. The third-order valence-corrected chi connectivity index (χ3v) is 3.66. The van der Waals surface area contributed by atoms with Crippen molar-refractivity contribution in [1.82, 2.24) is 9.78 Å². The number of furan rings is 1. The second kappa shape index (κ2) is 6.78. The summed E-state index contributed by atoms with van der Waals surface area (Å²) in [6, 6.07) is 7.65. The van der Waals surface area contributed by atoms with Gasteiger partial charge in [-0.05, 0) is 25.1 Å². The number of nitrogens with one attached hydrogen (secondary N) is 1. The van der Waals surface area contributed by atoms with Crippen LogP contribution >= 0.6 is 11.6 Å². The Balaban J connectivity index is 1.71. The lowest BCUT2D eigenvalue weighted by atomic mass is 10.2. The monoisotopic (exact) mass is 360 g/mol. The number of carbonyl (C=O) groups excluding carboxylic acids is 1. The van der Waals surface area contributed by atoms with E-state index in [0.717, 1.165) is 0 Å². The molecule has 3 aromatic rings. The summed E-state index contributed by atoms with van der Waals surface area (Å²) in [5.41, 5.74) is 0.772. The number of amides is 1. The predicted molar refractivity (Wildman–Crippen MR) is 90.8 cm³/mol. The number of halogens is 1. The summed E-state index contributed by atoms with van der Waals surface area (Å²) in [7, 11) is 0. The fourth-order valence-corrected chi connectivity index (χ4v) is 2.40. The van der Waals surface area contributed by atoms with Crippen molar-refractivity contribution < 1.29 is 14.1 Å². The Kier molecular flexibility index (Phi) is 4.53. The Morgan fingerprint density at radius 2 is 2.20 bits per heavy atom. The summed E-state index contributed by atoms with van der Waals surface area (Å²) in [6.45, 7) is 1.96. The highest BCUT2D eigenvalue weighted by Gasteiger charge is 2.15. The van der Waals surface area contributed by atoms with Gasteiger partial charge >= 0.3 is 0 Å². The molecular weight excluding hydrogens is 348 g/mol. The van der Waals surface area contributed by atoms with Crippen molar-refractivity contribution in [3.63, 3.8) is 0 Å². The van der Waals surface area contributed by atoms with Gasteiger partial charge in [-0.2, -0.15) is 5.10 Å². The number of nitro benzene ring substituents is 1. The SMILES string of the molecule is Cc1ccc(NC(=O)c2ccc(Cn3cc(Cl)cn3)o2)cc1[N+](=O)[O-]. The molecule has 2 heterocycles. The average molecular weight is 361 g/mol. The molecule has 0 unspecified atom stereocenters. The van der Waals surface area contributed by atoms with E-state index in [1.165, 1.54) is 18.3 Å². The molecule has 3 rings (SSSR count). The summed E-state index contributed by atoms with van der Waals surface area (Å²) in [5.74, 6) is 0.124. The molecule has 1 N–H and O–H groups in total. The van der Waals surface area contributed by atoms with Crippen LogP contribution < -0.4 is 5.32 Å². The molecule has 25 heavy (non-hydrogen) atoms. The maximum atomic E-state index is 12.2. The zero-order chi connectivity index (χ0) is 18.0. The summed E-state index contributed by atoms with van der Waals surface area (Å²) < 4.78 is 7.06. The van der Waals surface area contributed by atoms with Crippen LogP contribution in [0.3, 0.4) is 0 Å². The van der Waals surface area contributed by atoms with Gasteiger partial charge in [-0.25, -0.2) is 0 Å². The van der Waals surface area contributed by atoms with Crippen LogP contribution in [0, 0.1) is 17.0 Å². The molecule has 0 saturated heterocycles. The van der Waals surface area contributed by atoms with Crippen molar-refractivity contribution >= 4 is 28.9 Å². The first-order valence-corrected chi connectivity index (χ1v) is 7.63. The number of hydrogen-bond acceptors (Lipinski definition) is 5. The van der Waals surface area contributed by atoms with Crippen LogP contribution in [-0.4, -0.2) is 20.6 Å². The van der Waals surface area contributed by atoms with Crippen LogP contribution in [0.15, 0.2) is 47.1 Å². The van der Waals surface area contributed by atoms with E-state index in [2.05, 4.69) is 10.4 Å². The zero-order valence-electron chi connectivity index (χ0n) is 13.1. The van der Waals surface area contributed by atoms with E-state index in [1.54, 1.807) is 36.0 Å². The highest BCUT2D eigenvalue weighted by atomic mass is 35.5. The van der Waals surface area contributed by atoms with Gasteiger partial charge in [0.25, 0.3) is 11.6 Å². The summed E-state index contributed by atoms with van der Waals surface area (Å²) in [6.07, 6.45) is 3.14. The minimum Gasteiger partial charge on any atom is -0.454 e. The molecule has 0 radical (unpaired) electrons. The Morgan fingerprint density at radius 1 is 1.40 bits per heavy atom. The molecule has 0 fully saturated rings. The zero-order valence-corrected chi connectivity index (χ0v) is 13.9. The minimum atomic E-state index is -0.497. The van der Waals surface area contributed by atoms with Gasteiger partial charge in [-0.15, -0.1) is 0 Å². The van der Waals surface area contributed by atoms with Crippen LogP contribution in [0.4, 0.5) is 11.4 Å². The van der Waals surface area contributed by atoms with Crippen molar-refractivity contribution in [2.24, 2.45) is 0 Å². The normalized spacial score (nSPS) is 10.6. The van der Waals surface area contributed by atoms with Crippen molar-refractivity contribution in [3.8, 4) is 0 Å². The average Bonchev–Trinajstić information content (AvgIpc) is 3.18. The summed E-state index contributed by atoms with van der Waals surface area (Å²) >= 11 is 5.79. The molecular formula is C16H13ClN4O4. The van der Waals surface area contributed by atoms with Gasteiger partial charge in [0.15, 0.2) is 5.76 Å². The number of anilines is 1. The quantitative estimate of drug-likeness (QED) is 0.552. The highest BCUT2D eigenvalue weighted by Crippen LogP contribution is 2.23. The van der Waals surface area contributed by atoms with Gasteiger partial charge < -0.3 is 9.73 Å². The van der Waals surface area contributed by atoms with Gasteiger partial charge in [-0.1, -0.05) is 17.7 Å². The third-order valence-electron chi connectivity index (χ3n) is 3.47. The first-order chi connectivity index (χ1) is 11.9. The van der Waals surface area contributed by atoms with Gasteiger partial charge in [0, 0.05) is 23.5 Å². The Labute approximate surface area is 147 Å². The van der Waals surface area contributed by atoms with Crippen molar-refractivity contribution in [3.05, 3.63) is 74.9 Å². The van der Waals surface area contributed by atoms with E-state index in [1.807, 2.05) is 0 Å². The fourth-order valence-electron chi connectivity index (χ4n) is 2.25. The molecule has 0 spiro atoms. The fraction of sp³-hybridized carbons (Fsp3) is 0.125. The van der Waals surface area contributed by atoms with E-state index >= 15 is 0 Å². The Morgan fingerprint density at radius 3 is 2.88 bits per heavy atom. The maximum absolute atomic E-state index is 12.2. The molecule has 8 nitrogen and oxygen atoms in total. The standard InChI is InChI=1S/C16H13ClN4O4/c1-10-2-3-12(6-14(10)21(23)24)19-16(22)15-5-4-13(25-15)9-20-8-11(17)7-18-20/h2-8H,9H2,1H3,(H,19,22). The predicted octanol–water partition coefficient (Wildman–Crippen LogP) is 3.65. The first-order valence-electron chi connectivity index (χ1n) is 7.25. The van der Waals surface area contributed by atoms with Crippen LogP contribution in [0.5, 0.6) is 0 Å². The van der Waals surface area contributed by atoms with Crippen LogP contribution in [0.1, 0.15) is 21.9 Å². The Bertz CT molecular complexity index is 947. The van der Waals surface area contributed by atoms with Gasteiger partial charge in [-0.3, -0.25) is 19.6 Å². The van der Waals surface area contributed by atoms with E-state index in [0.29, 0.717) is 28.6 Å². The molecule has 0 saturated carbocycles. The molecule has 0 aliphatic heterocycles. The van der Waals surface area contributed by atoms with Gasteiger partial charge in [0.05, 0.1) is 22.7 Å². The lowest BCUT2D eigenvalue weighted by Gasteiger charge is -2.04. The van der Waals surface area contributed by atoms with E-state index in [-0.39, 0.29) is 11.4 Å². The second-order valence-electron chi connectivity index (χ2n) is 5.33. The van der Waals surface area contributed by atoms with Crippen molar-refractivity contribution in [2.75, 3.05) is 5.32 Å². The lowest BCUT2D eigenvalue weighted by Crippen LogP contribution is -2.11. The van der Waals surface area contributed by atoms with Crippen LogP contribution in [0.2, 0.25) is 5.02 Å². The molecule has 1 amide bonds. The number of rotatable bonds is 5. The number of aryl methyl sites for hydroxylation is 1. The smallest absolute Gasteiger partial charge is 0.291 e. The van der Waals surface area contributed by atoms with E-state index in [9.17, 15) is 14.9 Å². The highest BCUT2D eigenvalue weighted by molar-refractivity contribution is 6.30. The van der Waals surface area contributed by atoms with E-state index < -0.39 is 10.8 Å². The van der Waals surface area contributed by atoms with Crippen LogP contribution in [-0.2, 0) is 6.54 Å². The minimum absolute atomic E-state index is 0.0616. The molecule has 2 aromatic heterocycles. The second-order valence-corrected chi connectivity index (χ2v) is 5.77. The van der Waals surface area contributed by atoms with Gasteiger partial charge in [0.2, 0.25) is 0 Å². The van der Waals surface area contributed by atoms with Crippen molar-refractivity contribution in [1.29, 1.82) is 0 Å². The summed E-state index contributed by atoms with van der Waals surface area (Å²) in [5, 5.41) is 18.1. The number of benzene rings is 1. The van der Waals surface area contributed by atoms with Crippen molar-refractivity contribution in [2.45, 2.75) is 13.5 Å². The number of aromatic nitrogens is 2. The molecule has 1 aromatic carbocycles. The molecule has 0 aliphatic carbocycles. The lowest BCUT2D eigenvalue weighted by molar-refractivity contribution is -0.385. The topological polar surface area (TPSA) is 103 Å². The Hall–Kier alpha value is -3.13. The molecule has 9 heteroatoms. The summed E-state index contributed by atoms with van der Waals surface area (Å²) in [4.78, 5) is 22.7. The molecule has 0 atom stereocenters. The number of nitro groups is 1. The van der Waals surface area contributed by atoms with Gasteiger partial charge in [0.1, 0.15) is 5.76 Å².